The summed E-state index contributed by atoms with van der Waals surface area (Å²) >= 11 is 1.44. The first-order valence-corrected chi connectivity index (χ1v) is 12.1. The Hall–Kier alpha value is -2.91. The number of benzene rings is 2. The normalized spacial score (nSPS) is 11.3. The van der Waals surface area contributed by atoms with Crippen molar-refractivity contribution < 1.29 is 17.9 Å². The molecule has 1 heterocycles. The molecule has 7 nitrogen and oxygen atoms in total. The minimum absolute atomic E-state index is 0.245. The van der Waals surface area contributed by atoms with Crippen LogP contribution in [-0.2, 0) is 32.6 Å². The summed E-state index contributed by atoms with van der Waals surface area (Å²) in [5.74, 6) is 0.320. The topological polar surface area (TPSA) is 91.1 Å². The van der Waals surface area contributed by atoms with E-state index in [1.165, 1.54) is 18.9 Å². The number of aryl methyl sites for hydroxylation is 1. The van der Waals surface area contributed by atoms with E-state index in [2.05, 4.69) is 16.8 Å². The maximum Gasteiger partial charge on any atom is 0.337 e. The van der Waals surface area contributed by atoms with E-state index >= 15 is 0 Å². The molecule has 0 N–H and O–H groups in total. The second kappa shape index (κ2) is 9.93. The number of rotatable bonds is 9. The van der Waals surface area contributed by atoms with Crippen LogP contribution in [0.2, 0.25) is 0 Å². The van der Waals surface area contributed by atoms with Gasteiger partial charge in [0.15, 0.2) is 15.0 Å². The molecule has 0 aliphatic heterocycles. The van der Waals surface area contributed by atoms with Crippen LogP contribution in [0.1, 0.15) is 27.3 Å². The molecule has 0 radical (unpaired) electrons. The zero-order valence-corrected chi connectivity index (χ0v) is 18.9. The van der Waals surface area contributed by atoms with Crippen molar-refractivity contribution in [1.29, 1.82) is 0 Å². The average molecular weight is 458 g/mol. The zero-order chi connectivity index (χ0) is 22.4. The molecular weight excluding hydrogens is 434 g/mol. The van der Waals surface area contributed by atoms with Crippen LogP contribution < -0.4 is 0 Å². The summed E-state index contributed by atoms with van der Waals surface area (Å²) in [7, 11) is -2.21. The second-order valence-corrected chi connectivity index (χ2v) is 9.78. The number of aromatic nitrogens is 3. The zero-order valence-electron chi connectivity index (χ0n) is 17.3. The monoisotopic (exact) mass is 457 g/mol. The van der Waals surface area contributed by atoms with Gasteiger partial charge in [0, 0.05) is 12.3 Å². The van der Waals surface area contributed by atoms with Gasteiger partial charge in [0.1, 0.15) is 11.6 Å². The Balaban J connectivity index is 1.76. The van der Waals surface area contributed by atoms with Crippen LogP contribution in [-0.4, -0.2) is 36.3 Å². The summed E-state index contributed by atoms with van der Waals surface area (Å²) in [6.45, 7) is 6.06. The van der Waals surface area contributed by atoms with Crippen LogP contribution in [0, 0.1) is 6.92 Å². The number of sulfone groups is 1. The molecule has 0 spiro atoms. The van der Waals surface area contributed by atoms with E-state index < -0.39 is 9.84 Å². The molecule has 3 aromatic rings. The number of esters is 1. The van der Waals surface area contributed by atoms with E-state index in [9.17, 15) is 13.2 Å². The largest absolute Gasteiger partial charge is 0.465 e. The number of hydrogen-bond donors (Lipinski definition) is 0. The Morgan fingerprint density at radius 2 is 1.81 bits per heavy atom. The fourth-order valence-corrected chi connectivity index (χ4v) is 5.04. The third kappa shape index (κ3) is 5.62. The average Bonchev–Trinajstić information content (AvgIpc) is 3.13. The number of nitrogens with zero attached hydrogens (tertiary/aromatic N) is 3. The van der Waals surface area contributed by atoms with Crippen LogP contribution in [0.5, 0.6) is 0 Å². The van der Waals surface area contributed by atoms with Crippen LogP contribution in [0.3, 0.4) is 0 Å². The number of thioether (sulfide) groups is 1. The lowest BCUT2D eigenvalue weighted by atomic mass is 10.1. The first-order chi connectivity index (χ1) is 14.8. The van der Waals surface area contributed by atoms with Crippen molar-refractivity contribution >= 4 is 27.6 Å². The number of ether oxygens (including phenoxy) is 1. The molecule has 9 heteroatoms. The highest BCUT2D eigenvalue weighted by Gasteiger charge is 2.21. The molecule has 0 aliphatic rings. The van der Waals surface area contributed by atoms with Crippen LogP contribution in [0.4, 0.5) is 0 Å². The maximum atomic E-state index is 12.8. The fraction of sp³-hybridized carbons (Fsp3) is 0.227. The van der Waals surface area contributed by atoms with Gasteiger partial charge in [-0.3, -0.25) is 0 Å². The van der Waals surface area contributed by atoms with Crippen LogP contribution >= 0.6 is 11.8 Å². The Morgan fingerprint density at radius 1 is 1.13 bits per heavy atom. The number of carbonyl (C=O) groups is 1. The van der Waals surface area contributed by atoms with E-state index in [1.54, 1.807) is 47.0 Å². The van der Waals surface area contributed by atoms with Crippen molar-refractivity contribution in [2.75, 3.05) is 7.11 Å². The fourth-order valence-electron chi connectivity index (χ4n) is 2.85. The molecule has 0 saturated heterocycles. The summed E-state index contributed by atoms with van der Waals surface area (Å²) < 4.78 is 32.1. The lowest BCUT2D eigenvalue weighted by molar-refractivity contribution is 0.0600. The predicted molar refractivity (Wildman–Crippen MR) is 120 cm³/mol. The molecule has 0 saturated carbocycles. The van der Waals surface area contributed by atoms with Gasteiger partial charge in [-0.25, -0.2) is 13.2 Å². The lowest BCUT2D eigenvalue weighted by Gasteiger charge is -2.09. The van der Waals surface area contributed by atoms with Crippen molar-refractivity contribution in [1.82, 2.24) is 14.8 Å². The Labute approximate surface area is 186 Å². The SMILES string of the molecule is C=CCn1c(CS(=O)(=O)c2ccc(C)cc2)nnc1SCc1ccc(C(=O)OC)cc1. The molecule has 0 amide bonds. The molecule has 0 fully saturated rings. The van der Waals surface area contributed by atoms with Crippen LogP contribution in [0.25, 0.3) is 0 Å². The predicted octanol–water partition coefficient (Wildman–Crippen LogP) is 3.83. The van der Waals surface area contributed by atoms with E-state index in [1.807, 2.05) is 19.1 Å². The Bertz CT molecular complexity index is 1170. The molecule has 162 valence electrons. The number of allylic oxidation sites excluding steroid dienone is 1. The van der Waals surface area contributed by atoms with Crippen LogP contribution in [0.15, 0.2) is 71.2 Å². The highest BCUT2D eigenvalue weighted by atomic mass is 32.2. The highest BCUT2D eigenvalue weighted by Crippen LogP contribution is 2.24. The molecule has 3 rings (SSSR count). The lowest BCUT2D eigenvalue weighted by Crippen LogP contribution is -2.11. The van der Waals surface area contributed by atoms with Crippen molar-refractivity contribution in [3.05, 3.63) is 83.7 Å². The molecule has 1 aromatic heterocycles. The molecule has 0 bridgehead atoms. The summed E-state index contributed by atoms with van der Waals surface area (Å²) in [6.07, 6.45) is 1.68. The summed E-state index contributed by atoms with van der Waals surface area (Å²) in [5, 5.41) is 8.92. The Kier molecular flexibility index (Phi) is 7.29. The van der Waals surface area contributed by atoms with Crippen molar-refractivity contribution in [3.63, 3.8) is 0 Å². The molecular formula is C22H23N3O4S2. The quantitative estimate of drug-likeness (QED) is 0.274. The van der Waals surface area contributed by atoms with Gasteiger partial charge in [0.2, 0.25) is 0 Å². The maximum absolute atomic E-state index is 12.8. The molecule has 31 heavy (non-hydrogen) atoms. The first-order valence-electron chi connectivity index (χ1n) is 9.46. The van der Waals surface area contributed by atoms with Gasteiger partial charge in [-0.15, -0.1) is 16.8 Å². The van der Waals surface area contributed by atoms with Gasteiger partial charge in [-0.2, -0.15) is 0 Å². The molecule has 0 unspecified atom stereocenters. The van der Waals surface area contributed by atoms with E-state index in [-0.39, 0.29) is 16.6 Å². The van der Waals surface area contributed by atoms with Gasteiger partial charge in [-0.05, 0) is 36.8 Å². The van der Waals surface area contributed by atoms with E-state index in [0.717, 1.165) is 11.1 Å². The van der Waals surface area contributed by atoms with Gasteiger partial charge in [0.05, 0.1) is 17.6 Å². The van der Waals surface area contributed by atoms with Gasteiger partial charge in [0.25, 0.3) is 0 Å². The van der Waals surface area contributed by atoms with Gasteiger partial charge >= 0.3 is 5.97 Å². The summed E-state index contributed by atoms with van der Waals surface area (Å²) in [4.78, 5) is 11.8. The van der Waals surface area contributed by atoms with E-state index in [0.29, 0.717) is 28.8 Å². The molecule has 2 aromatic carbocycles. The smallest absolute Gasteiger partial charge is 0.337 e. The van der Waals surface area contributed by atoms with Crippen molar-refractivity contribution in [2.24, 2.45) is 0 Å². The summed E-state index contributed by atoms with van der Waals surface area (Å²) in [5.41, 5.74) is 2.46. The molecule has 0 aliphatic carbocycles. The number of hydrogen-bond acceptors (Lipinski definition) is 7. The second-order valence-electron chi connectivity index (χ2n) is 6.85. The molecule has 0 atom stereocenters. The van der Waals surface area contributed by atoms with Gasteiger partial charge < -0.3 is 9.30 Å². The first kappa shape index (κ1) is 22.8. The van der Waals surface area contributed by atoms with E-state index in [4.69, 9.17) is 4.74 Å². The Morgan fingerprint density at radius 3 is 2.42 bits per heavy atom. The number of methoxy groups -OCH3 is 1. The van der Waals surface area contributed by atoms with Crippen molar-refractivity contribution in [3.8, 4) is 0 Å². The third-order valence-electron chi connectivity index (χ3n) is 4.55. The summed E-state index contributed by atoms with van der Waals surface area (Å²) in [6, 6.07) is 13.8. The van der Waals surface area contributed by atoms with Gasteiger partial charge in [-0.1, -0.05) is 47.7 Å². The standard InChI is InChI=1S/C22H23N3O4S2/c1-4-13-25-20(15-31(27,28)19-11-5-16(2)6-12-19)23-24-22(25)30-14-17-7-9-18(10-8-17)21(26)29-3/h4-12H,1,13-15H2,2-3H3. The number of carbonyl (C=O) groups excluding carboxylic acids is 1. The van der Waals surface area contributed by atoms with Crippen molar-refractivity contribution in [2.45, 2.75) is 35.0 Å². The minimum Gasteiger partial charge on any atom is -0.465 e. The highest BCUT2D eigenvalue weighted by molar-refractivity contribution is 7.98. The third-order valence-corrected chi connectivity index (χ3v) is 7.21. The minimum atomic E-state index is -3.55.